The fraction of sp³-hybridized carbons (Fsp3) is 0.133. The lowest BCUT2D eigenvalue weighted by atomic mass is 10.1. The molecule has 0 spiro atoms. The largest absolute Gasteiger partial charge is 0.491 e. The molecule has 0 saturated heterocycles. The smallest absolute Gasteiger partial charge is 0.201 e. The van der Waals surface area contributed by atoms with Crippen molar-refractivity contribution < 1.29 is 4.74 Å². The number of nitrogen functional groups attached to an aromatic ring is 1. The van der Waals surface area contributed by atoms with Gasteiger partial charge >= 0.3 is 0 Å². The van der Waals surface area contributed by atoms with E-state index in [0.717, 1.165) is 22.3 Å². The van der Waals surface area contributed by atoms with Crippen LogP contribution in [-0.4, -0.2) is 16.2 Å². The van der Waals surface area contributed by atoms with Crippen molar-refractivity contribution >= 4 is 40.2 Å². The molecule has 0 bridgehead atoms. The van der Waals surface area contributed by atoms with E-state index in [1.165, 1.54) is 0 Å². The van der Waals surface area contributed by atoms with Crippen LogP contribution < -0.4 is 10.5 Å². The van der Waals surface area contributed by atoms with Crippen LogP contribution in [-0.2, 0) is 0 Å². The van der Waals surface area contributed by atoms with Gasteiger partial charge in [0.1, 0.15) is 12.4 Å². The molecule has 2 N–H and O–H groups in total. The van der Waals surface area contributed by atoms with Gasteiger partial charge in [-0.15, -0.1) is 0 Å². The van der Waals surface area contributed by atoms with Crippen LogP contribution in [0, 0.1) is 0 Å². The second kappa shape index (κ2) is 4.55. The van der Waals surface area contributed by atoms with E-state index in [2.05, 4.69) is 4.98 Å². The topological polar surface area (TPSA) is 53.1 Å². The molecule has 106 valence electrons. The second-order valence-electron chi connectivity index (χ2n) is 4.96. The van der Waals surface area contributed by atoms with Gasteiger partial charge in [0, 0.05) is 5.56 Å². The van der Waals surface area contributed by atoms with Crippen LogP contribution in [0.15, 0.2) is 36.4 Å². The number of imidazole rings is 1. The number of ether oxygens (including phenoxy) is 1. The van der Waals surface area contributed by atoms with E-state index in [4.69, 9.17) is 33.7 Å². The lowest BCUT2D eigenvalue weighted by Crippen LogP contribution is -2.14. The summed E-state index contributed by atoms with van der Waals surface area (Å²) in [5.41, 5.74) is 8.77. The molecule has 3 aromatic rings. The molecule has 4 rings (SSSR count). The first kappa shape index (κ1) is 12.8. The quantitative estimate of drug-likeness (QED) is 0.740. The molecule has 0 amide bonds. The zero-order valence-corrected chi connectivity index (χ0v) is 12.4. The van der Waals surface area contributed by atoms with Gasteiger partial charge in [0.25, 0.3) is 0 Å². The fourth-order valence-corrected chi connectivity index (χ4v) is 3.11. The molecule has 6 heteroatoms. The van der Waals surface area contributed by atoms with Crippen molar-refractivity contribution in [3.8, 4) is 5.75 Å². The summed E-state index contributed by atoms with van der Waals surface area (Å²) in [6, 6.07) is 11.4. The minimum absolute atomic E-state index is 0.0107. The number of hydrogen-bond donors (Lipinski definition) is 1. The third-order valence-corrected chi connectivity index (χ3v) is 4.47. The van der Waals surface area contributed by atoms with Gasteiger partial charge in [-0.1, -0.05) is 41.4 Å². The Morgan fingerprint density at radius 1 is 1.19 bits per heavy atom. The van der Waals surface area contributed by atoms with Gasteiger partial charge in [0.05, 0.1) is 27.1 Å². The molecule has 1 aliphatic rings. The molecule has 0 aliphatic carbocycles. The number of rotatable bonds is 1. The Kier molecular flexibility index (Phi) is 2.77. The Hall–Kier alpha value is -1.91. The molecule has 0 fully saturated rings. The number of nitrogens with zero attached hydrogens (tertiary/aromatic N) is 2. The molecule has 1 aromatic heterocycles. The lowest BCUT2D eigenvalue weighted by Gasteiger charge is -2.14. The van der Waals surface area contributed by atoms with Crippen molar-refractivity contribution in [2.45, 2.75) is 6.04 Å². The fourth-order valence-electron chi connectivity index (χ4n) is 2.80. The van der Waals surface area contributed by atoms with E-state index in [1.807, 2.05) is 28.8 Å². The minimum atomic E-state index is -0.0107. The number of hydrogen-bond acceptors (Lipinski definition) is 3. The average molecular weight is 320 g/mol. The van der Waals surface area contributed by atoms with Crippen molar-refractivity contribution in [2.24, 2.45) is 0 Å². The molecule has 1 unspecified atom stereocenters. The Morgan fingerprint density at radius 3 is 2.81 bits per heavy atom. The first-order valence-electron chi connectivity index (χ1n) is 6.49. The van der Waals surface area contributed by atoms with Crippen LogP contribution in [0.3, 0.4) is 0 Å². The highest BCUT2D eigenvalue weighted by molar-refractivity contribution is 6.42. The maximum Gasteiger partial charge on any atom is 0.201 e. The van der Waals surface area contributed by atoms with Gasteiger partial charge in [0.15, 0.2) is 0 Å². The molecule has 0 saturated carbocycles. The van der Waals surface area contributed by atoms with Gasteiger partial charge in [-0.3, -0.25) is 4.57 Å². The number of para-hydroxylation sites is 1. The number of anilines is 1. The van der Waals surface area contributed by atoms with Gasteiger partial charge in [-0.05, 0) is 18.2 Å². The third kappa shape index (κ3) is 1.87. The van der Waals surface area contributed by atoms with Gasteiger partial charge < -0.3 is 10.5 Å². The summed E-state index contributed by atoms with van der Waals surface area (Å²) in [6.07, 6.45) is 0. The van der Waals surface area contributed by atoms with E-state index in [9.17, 15) is 0 Å². The number of nitrogens with two attached hydrogens (primary N) is 1. The zero-order chi connectivity index (χ0) is 14.6. The van der Waals surface area contributed by atoms with E-state index >= 15 is 0 Å². The second-order valence-corrected chi connectivity index (χ2v) is 5.77. The SMILES string of the molecule is Nc1nc2cc(Cl)c(Cl)cc2n1C1COc2ccccc21. The summed E-state index contributed by atoms with van der Waals surface area (Å²) in [7, 11) is 0. The van der Waals surface area contributed by atoms with Gasteiger partial charge in [0.2, 0.25) is 5.95 Å². The van der Waals surface area contributed by atoms with Crippen molar-refractivity contribution in [1.82, 2.24) is 9.55 Å². The highest BCUT2D eigenvalue weighted by Gasteiger charge is 2.28. The van der Waals surface area contributed by atoms with Crippen LogP contribution in [0.5, 0.6) is 5.75 Å². The van der Waals surface area contributed by atoms with Crippen LogP contribution in [0.1, 0.15) is 11.6 Å². The molecule has 2 aromatic carbocycles. The molecule has 4 nitrogen and oxygen atoms in total. The minimum Gasteiger partial charge on any atom is -0.491 e. The van der Waals surface area contributed by atoms with Crippen molar-refractivity contribution in [1.29, 1.82) is 0 Å². The number of halogens is 2. The Balaban J connectivity index is 1.96. The maximum absolute atomic E-state index is 6.13. The van der Waals surface area contributed by atoms with E-state index < -0.39 is 0 Å². The van der Waals surface area contributed by atoms with Crippen molar-refractivity contribution in [2.75, 3.05) is 12.3 Å². The lowest BCUT2D eigenvalue weighted by molar-refractivity contribution is 0.320. The Bertz CT molecular complexity index is 859. The first-order valence-corrected chi connectivity index (χ1v) is 7.25. The molecular formula is C15H11Cl2N3O. The monoisotopic (exact) mass is 319 g/mol. The number of fused-ring (bicyclic) bond motifs is 2. The van der Waals surface area contributed by atoms with E-state index in [0.29, 0.717) is 22.6 Å². The van der Waals surface area contributed by atoms with E-state index in [-0.39, 0.29) is 6.04 Å². The Morgan fingerprint density at radius 2 is 1.95 bits per heavy atom. The predicted octanol–water partition coefficient (Wildman–Crippen LogP) is 3.91. The summed E-state index contributed by atoms with van der Waals surface area (Å²) >= 11 is 12.2. The van der Waals surface area contributed by atoms with E-state index in [1.54, 1.807) is 12.1 Å². The maximum atomic E-state index is 6.13. The number of benzene rings is 2. The summed E-state index contributed by atoms with van der Waals surface area (Å²) in [5, 5.41) is 0.953. The van der Waals surface area contributed by atoms with Crippen LogP contribution in [0.2, 0.25) is 10.0 Å². The molecular weight excluding hydrogens is 309 g/mol. The summed E-state index contributed by atoms with van der Waals surface area (Å²) in [4.78, 5) is 4.37. The van der Waals surface area contributed by atoms with Crippen LogP contribution in [0.25, 0.3) is 11.0 Å². The molecule has 1 aliphatic heterocycles. The molecule has 1 atom stereocenters. The zero-order valence-electron chi connectivity index (χ0n) is 10.9. The summed E-state index contributed by atoms with van der Waals surface area (Å²) in [5.74, 6) is 1.30. The highest BCUT2D eigenvalue weighted by Crippen LogP contribution is 2.39. The van der Waals surface area contributed by atoms with Crippen LogP contribution in [0.4, 0.5) is 5.95 Å². The predicted molar refractivity (Wildman–Crippen MR) is 84.2 cm³/mol. The standard InChI is InChI=1S/C15H11Cl2N3O/c16-9-5-11-12(6-10(9)17)20(15(18)19-11)13-7-21-14-4-2-1-3-8(13)14/h1-6,13H,7H2,(H2,18,19). The molecule has 21 heavy (non-hydrogen) atoms. The highest BCUT2D eigenvalue weighted by atomic mass is 35.5. The van der Waals surface area contributed by atoms with Crippen molar-refractivity contribution in [3.05, 3.63) is 52.0 Å². The number of aromatic nitrogens is 2. The van der Waals surface area contributed by atoms with Crippen molar-refractivity contribution in [3.63, 3.8) is 0 Å². The normalized spacial score (nSPS) is 17.0. The Labute approximate surface area is 131 Å². The summed E-state index contributed by atoms with van der Waals surface area (Å²) in [6.45, 7) is 0.523. The third-order valence-electron chi connectivity index (χ3n) is 3.75. The molecule has 2 heterocycles. The average Bonchev–Trinajstić information content (AvgIpc) is 3.00. The van der Waals surface area contributed by atoms with Gasteiger partial charge in [-0.25, -0.2) is 4.98 Å². The first-order chi connectivity index (χ1) is 10.1. The van der Waals surface area contributed by atoms with Gasteiger partial charge in [-0.2, -0.15) is 0 Å². The summed E-state index contributed by atoms with van der Waals surface area (Å²) < 4.78 is 7.68. The molecule has 0 radical (unpaired) electrons. The van der Waals surface area contributed by atoms with Crippen LogP contribution >= 0.6 is 23.2 Å².